The SMILES string of the molecule is NN(c1ccccc1OC1CC2CCC1C2)c1nc(-c2ncnc3sccc23)nc2scc(-c3ccccc3SC3CCCCC3)c12. The molecule has 3 saturated carbocycles. The van der Waals surface area contributed by atoms with Crippen LogP contribution < -0.4 is 15.6 Å². The number of nitrogens with zero attached hydrogens (tertiary/aromatic N) is 5. The minimum absolute atomic E-state index is 0.234. The van der Waals surface area contributed by atoms with Gasteiger partial charge in [0.25, 0.3) is 0 Å². The molecular weight excluding hydrogens is 641 g/mol. The van der Waals surface area contributed by atoms with Gasteiger partial charge < -0.3 is 4.74 Å². The molecule has 0 spiro atoms. The number of hydrogen-bond donors (Lipinski definition) is 1. The molecular formula is C37H36N6OS3. The first-order chi connectivity index (χ1) is 23.2. The first kappa shape index (κ1) is 29.6. The number of hydrazine groups is 1. The van der Waals surface area contributed by atoms with E-state index in [0.717, 1.165) is 49.8 Å². The number of nitrogens with two attached hydrogens (primary N) is 1. The lowest BCUT2D eigenvalue weighted by Crippen LogP contribution is -2.29. The summed E-state index contributed by atoms with van der Waals surface area (Å²) in [6.45, 7) is 0. The summed E-state index contributed by atoms with van der Waals surface area (Å²) in [5.74, 6) is 10.6. The third-order valence-electron chi connectivity index (χ3n) is 10.2. The first-order valence-corrected chi connectivity index (χ1v) is 19.4. The third-order valence-corrected chi connectivity index (χ3v) is 13.3. The maximum Gasteiger partial charge on any atom is 0.182 e. The van der Waals surface area contributed by atoms with E-state index in [4.69, 9.17) is 20.5 Å². The number of thioether (sulfide) groups is 1. The highest BCUT2D eigenvalue weighted by Gasteiger charge is 2.41. The molecule has 0 radical (unpaired) electrons. The van der Waals surface area contributed by atoms with Crippen LogP contribution in [0.2, 0.25) is 0 Å². The summed E-state index contributed by atoms with van der Waals surface area (Å²) in [6.07, 6.45) is 13.3. The highest BCUT2D eigenvalue weighted by molar-refractivity contribution is 8.00. The molecule has 3 atom stereocenters. The smallest absolute Gasteiger partial charge is 0.182 e. The summed E-state index contributed by atoms with van der Waals surface area (Å²) < 4.78 is 6.77. The van der Waals surface area contributed by atoms with E-state index in [1.807, 2.05) is 47.5 Å². The Labute approximate surface area is 286 Å². The molecule has 3 aliphatic carbocycles. The van der Waals surface area contributed by atoms with Gasteiger partial charge in [0.15, 0.2) is 11.6 Å². The van der Waals surface area contributed by atoms with Gasteiger partial charge in [-0.1, -0.05) is 49.6 Å². The average Bonchev–Trinajstić information content (AvgIpc) is 3.93. The van der Waals surface area contributed by atoms with Gasteiger partial charge in [-0.25, -0.2) is 25.8 Å². The second-order valence-corrected chi connectivity index (χ2v) is 16.2. The normalized spacial score (nSPS) is 21.2. The Morgan fingerprint density at radius 2 is 1.70 bits per heavy atom. The van der Waals surface area contributed by atoms with Crippen LogP contribution in [0.4, 0.5) is 11.5 Å². The highest BCUT2D eigenvalue weighted by Crippen LogP contribution is 2.49. The van der Waals surface area contributed by atoms with Crippen molar-refractivity contribution in [3.8, 4) is 28.4 Å². The van der Waals surface area contributed by atoms with Gasteiger partial charge in [0.1, 0.15) is 39.2 Å². The molecule has 4 aromatic heterocycles. The van der Waals surface area contributed by atoms with E-state index >= 15 is 0 Å². The molecule has 2 bridgehead atoms. The van der Waals surface area contributed by atoms with Crippen molar-refractivity contribution in [1.29, 1.82) is 0 Å². The minimum Gasteiger partial charge on any atom is -0.488 e. The van der Waals surface area contributed by atoms with Crippen LogP contribution in [-0.2, 0) is 0 Å². The Balaban J connectivity index is 1.19. The fourth-order valence-corrected chi connectivity index (χ4v) is 10.9. The lowest BCUT2D eigenvalue weighted by atomic mass is 9.98. The molecule has 238 valence electrons. The van der Waals surface area contributed by atoms with Crippen LogP contribution in [0.15, 0.2) is 76.6 Å². The van der Waals surface area contributed by atoms with E-state index in [2.05, 4.69) is 39.6 Å². The number of fused-ring (bicyclic) bond motifs is 4. The zero-order chi connectivity index (χ0) is 31.3. The Morgan fingerprint density at radius 1 is 0.830 bits per heavy atom. The molecule has 2 aromatic carbocycles. The second-order valence-electron chi connectivity index (χ2n) is 13.1. The molecule has 2 N–H and O–H groups in total. The summed E-state index contributed by atoms with van der Waals surface area (Å²) in [6, 6.07) is 19.0. The zero-order valence-corrected chi connectivity index (χ0v) is 28.5. The standard InChI is InChI=1S/C37H36N6OS3/c38-43(28-11-5-6-12-29(28)44-30-19-22-14-15-23(30)18-22)35-32-27(25-10-4-7-13-31(25)47-24-8-2-1-3-9-24)20-46-37(32)42-34(41-35)33-26-16-17-45-36(26)40-21-39-33/h4-7,10-13,16-17,20-24,30H,1-3,8-9,14-15,18-19,38H2. The molecule has 7 nitrogen and oxygen atoms in total. The van der Waals surface area contributed by atoms with Crippen LogP contribution in [0.3, 0.4) is 0 Å². The highest BCUT2D eigenvalue weighted by atomic mass is 32.2. The van der Waals surface area contributed by atoms with Crippen LogP contribution in [0, 0.1) is 11.8 Å². The Morgan fingerprint density at radius 3 is 2.57 bits per heavy atom. The van der Waals surface area contributed by atoms with Crippen molar-refractivity contribution >= 4 is 66.4 Å². The van der Waals surface area contributed by atoms with E-state index in [0.29, 0.717) is 28.5 Å². The molecule has 6 aromatic rings. The third kappa shape index (κ3) is 5.49. The number of para-hydroxylation sites is 2. The van der Waals surface area contributed by atoms with Gasteiger partial charge in [0.2, 0.25) is 0 Å². The van der Waals surface area contributed by atoms with Crippen molar-refractivity contribution < 1.29 is 4.74 Å². The summed E-state index contributed by atoms with van der Waals surface area (Å²) in [5, 5.41) is 8.50. The van der Waals surface area contributed by atoms with Gasteiger partial charge >= 0.3 is 0 Å². The van der Waals surface area contributed by atoms with Gasteiger partial charge in [0, 0.05) is 26.5 Å². The van der Waals surface area contributed by atoms with Crippen LogP contribution >= 0.6 is 34.4 Å². The largest absolute Gasteiger partial charge is 0.488 e. The Kier molecular flexibility index (Phi) is 7.84. The molecule has 47 heavy (non-hydrogen) atoms. The van der Waals surface area contributed by atoms with Crippen molar-refractivity contribution in [2.45, 2.75) is 74.0 Å². The summed E-state index contributed by atoms with van der Waals surface area (Å²) in [4.78, 5) is 22.6. The van der Waals surface area contributed by atoms with Crippen LogP contribution in [0.1, 0.15) is 57.8 Å². The minimum atomic E-state index is 0.234. The number of ether oxygens (including phenoxy) is 1. The average molecular weight is 677 g/mol. The molecule has 3 fully saturated rings. The van der Waals surface area contributed by atoms with Crippen LogP contribution in [0.25, 0.3) is 43.1 Å². The molecule has 0 aliphatic heterocycles. The Hall–Kier alpha value is -3.57. The van der Waals surface area contributed by atoms with Crippen LogP contribution in [0.5, 0.6) is 5.75 Å². The second kappa shape index (κ2) is 12.5. The van der Waals surface area contributed by atoms with Crippen molar-refractivity contribution in [3.05, 3.63) is 71.7 Å². The molecule has 0 saturated heterocycles. The van der Waals surface area contributed by atoms with Gasteiger partial charge in [-0.05, 0) is 85.6 Å². The molecule has 9 rings (SSSR count). The fraction of sp³-hybridized carbons (Fsp3) is 0.351. The number of aromatic nitrogens is 4. The lowest BCUT2D eigenvalue weighted by Gasteiger charge is -2.27. The molecule has 10 heteroatoms. The molecule has 4 heterocycles. The summed E-state index contributed by atoms with van der Waals surface area (Å²) in [5.41, 5.74) is 3.82. The molecule has 3 aliphatic rings. The van der Waals surface area contributed by atoms with E-state index in [9.17, 15) is 0 Å². The molecule has 3 unspecified atom stereocenters. The van der Waals surface area contributed by atoms with E-state index in [1.165, 1.54) is 61.8 Å². The van der Waals surface area contributed by atoms with Gasteiger partial charge in [0.05, 0.1) is 5.39 Å². The van der Waals surface area contributed by atoms with Gasteiger partial charge in [-0.2, -0.15) is 0 Å². The number of hydrogen-bond acceptors (Lipinski definition) is 10. The monoisotopic (exact) mass is 676 g/mol. The predicted molar refractivity (Wildman–Crippen MR) is 195 cm³/mol. The van der Waals surface area contributed by atoms with Gasteiger partial charge in [-0.15, -0.1) is 34.4 Å². The van der Waals surface area contributed by atoms with Crippen molar-refractivity contribution in [2.24, 2.45) is 17.7 Å². The van der Waals surface area contributed by atoms with Gasteiger partial charge in [-0.3, -0.25) is 5.01 Å². The number of rotatable bonds is 8. The van der Waals surface area contributed by atoms with Crippen LogP contribution in [-0.4, -0.2) is 31.3 Å². The number of anilines is 2. The van der Waals surface area contributed by atoms with Crippen molar-refractivity contribution in [3.63, 3.8) is 0 Å². The Bertz CT molecular complexity index is 2070. The van der Waals surface area contributed by atoms with Crippen molar-refractivity contribution in [2.75, 3.05) is 5.01 Å². The first-order valence-electron chi connectivity index (χ1n) is 16.7. The summed E-state index contributed by atoms with van der Waals surface area (Å²) >= 11 is 5.24. The van der Waals surface area contributed by atoms with Crippen molar-refractivity contribution in [1.82, 2.24) is 19.9 Å². The lowest BCUT2D eigenvalue weighted by molar-refractivity contribution is 0.139. The maximum absolute atomic E-state index is 7.20. The predicted octanol–water partition coefficient (Wildman–Crippen LogP) is 10.0. The van der Waals surface area contributed by atoms with E-state index < -0.39 is 0 Å². The summed E-state index contributed by atoms with van der Waals surface area (Å²) in [7, 11) is 0. The maximum atomic E-state index is 7.20. The topological polar surface area (TPSA) is 90.0 Å². The fourth-order valence-electron chi connectivity index (χ4n) is 7.89. The number of thiophene rings is 2. The zero-order valence-electron chi connectivity index (χ0n) is 26.0. The van der Waals surface area contributed by atoms with E-state index in [1.54, 1.807) is 34.0 Å². The number of benzene rings is 2. The molecule has 0 amide bonds. The quantitative estimate of drug-likeness (QED) is 0.126. The van der Waals surface area contributed by atoms with E-state index in [-0.39, 0.29) is 6.10 Å².